The van der Waals surface area contributed by atoms with Gasteiger partial charge in [-0.3, -0.25) is 4.79 Å². The van der Waals surface area contributed by atoms with Gasteiger partial charge in [-0.15, -0.1) is 0 Å². The van der Waals surface area contributed by atoms with Crippen LogP contribution >= 0.6 is 0 Å². The zero-order valence-electron chi connectivity index (χ0n) is 14.2. The van der Waals surface area contributed by atoms with Crippen molar-refractivity contribution in [3.8, 4) is 5.75 Å². The average Bonchev–Trinajstić information content (AvgIpc) is 2.62. The summed E-state index contributed by atoms with van der Waals surface area (Å²) >= 11 is 0. The fourth-order valence-corrected chi connectivity index (χ4v) is 3.13. The molecule has 0 N–H and O–H groups in total. The average molecular weight is 325 g/mol. The largest absolute Gasteiger partial charge is 0.494 e. The van der Waals surface area contributed by atoms with Crippen LogP contribution in [0.4, 0.5) is 0 Å². The minimum atomic E-state index is 0.0601. The summed E-state index contributed by atoms with van der Waals surface area (Å²) in [4.78, 5) is 14.8. The van der Waals surface area contributed by atoms with Gasteiger partial charge >= 0.3 is 0 Å². The second kappa shape index (κ2) is 7.49. The summed E-state index contributed by atoms with van der Waals surface area (Å²) in [5, 5.41) is 0. The summed E-state index contributed by atoms with van der Waals surface area (Å²) in [6, 6.07) is 13.9. The Labute approximate surface area is 143 Å². The third-order valence-electron chi connectivity index (χ3n) is 4.32. The molecule has 1 amide bonds. The van der Waals surface area contributed by atoms with E-state index >= 15 is 0 Å². The van der Waals surface area contributed by atoms with E-state index in [-0.39, 0.29) is 5.91 Å². The van der Waals surface area contributed by atoms with Gasteiger partial charge in [0.25, 0.3) is 5.91 Å². The third kappa shape index (κ3) is 3.44. The van der Waals surface area contributed by atoms with Gasteiger partial charge in [0.1, 0.15) is 5.75 Å². The SMILES string of the molecule is CCOc1ccc(C(=O)N2CCc3ccccc3C2)cc1COC. The van der Waals surface area contributed by atoms with Crippen molar-refractivity contribution in [1.82, 2.24) is 4.90 Å². The molecule has 0 unspecified atom stereocenters. The molecule has 4 heteroatoms. The van der Waals surface area contributed by atoms with Crippen LogP contribution in [0.3, 0.4) is 0 Å². The standard InChI is InChI=1S/C20H23NO3/c1-3-24-19-9-8-16(12-18(19)14-23-2)20(22)21-11-10-15-6-4-5-7-17(15)13-21/h4-9,12H,3,10-11,13-14H2,1-2H3. The summed E-state index contributed by atoms with van der Waals surface area (Å²) in [6.45, 7) is 4.39. The Morgan fingerprint density at radius 3 is 2.71 bits per heavy atom. The van der Waals surface area contributed by atoms with Crippen molar-refractivity contribution in [3.63, 3.8) is 0 Å². The summed E-state index contributed by atoms with van der Waals surface area (Å²) in [5.41, 5.74) is 4.17. The van der Waals surface area contributed by atoms with Crippen LogP contribution in [0.25, 0.3) is 0 Å². The lowest BCUT2D eigenvalue weighted by Gasteiger charge is -2.29. The normalized spacial score (nSPS) is 13.5. The molecule has 0 aromatic heterocycles. The zero-order chi connectivity index (χ0) is 16.9. The van der Waals surface area contributed by atoms with Gasteiger partial charge < -0.3 is 14.4 Å². The van der Waals surface area contributed by atoms with E-state index in [9.17, 15) is 4.79 Å². The van der Waals surface area contributed by atoms with Crippen molar-refractivity contribution in [2.45, 2.75) is 26.5 Å². The van der Waals surface area contributed by atoms with E-state index in [1.807, 2.05) is 36.1 Å². The van der Waals surface area contributed by atoms with Crippen LogP contribution in [0, 0.1) is 0 Å². The van der Waals surface area contributed by atoms with Crippen LogP contribution in [0.15, 0.2) is 42.5 Å². The highest BCUT2D eigenvalue weighted by atomic mass is 16.5. The molecule has 0 spiro atoms. The van der Waals surface area contributed by atoms with E-state index in [1.54, 1.807) is 7.11 Å². The first-order chi connectivity index (χ1) is 11.7. The quantitative estimate of drug-likeness (QED) is 0.845. The van der Waals surface area contributed by atoms with E-state index < -0.39 is 0 Å². The molecule has 2 aromatic rings. The van der Waals surface area contributed by atoms with Crippen molar-refractivity contribution >= 4 is 5.91 Å². The molecule has 0 saturated heterocycles. The lowest BCUT2D eigenvalue weighted by atomic mass is 9.99. The smallest absolute Gasteiger partial charge is 0.254 e. The number of benzene rings is 2. The second-order valence-corrected chi connectivity index (χ2v) is 5.93. The van der Waals surface area contributed by atoms with Crippen LogP contribution in [-0.2, 0) is 24.3 Å². The van der Waals surface area contributed by atoms with Crippen LogP contribution in [0.5, 0.6) is 5.75 Å². The number of ether oxygens (including phenoxy) is 2. The van der Waals surface area contributed by atoms with Gasteiger partial charge in [0.2, 0.25) is 0 Å². The third-order valence-corrected chi connectivity index (χ3v) is 4.32. The van der Waals surface area contributed by atoms with Gasteiger partial charge in [-0.25, -0.2) is 0 Å². The van der Waals surface area contributed by atoms with Crippen LogP contribution in [0.1, 0.15) is 34.0 Å². The van der Waals surface area contributed by atoms with Gasteiger partial charge in [0.15, 0.2) is 0 Å². The van der Waals surface area contributed by atoms with Gasteiger partial charge in [-0.1, -0.05) is 24.3 Å². The molecule has 0 radical (unpaired) electrons. The predicted molar refractivity (Wildman–Crippen MR) is 93.2 cm³/mol. The summed E-state index contributed by atoms with van der Waals surface area (Å²) < 4.78 is 10.8. The number of carbonyl (C=O) groups is 1. The van der Waals surface area contributed by atoms with Gasteiger partial charge in [0.05, 0.1) is 13.2 Å². The molecule has 0 bridgehead atoms. The van der Waals surface area contributed by atoms with Crippen LogP contribution in [-0.4, -0.2) is 31.1 Å². The topological polar surface area (TPSA) is 38.8 Å². The molecule has 1 aliphatic rings. The van der Waals surface area contributed by atoms with Gasteiger partial charge in [0, 0.05) is 31.3 Å². The molecule has 126 valence electrons. The first kappa shape index (κ1) is 16.5. The lowest BCUT2D eigenvalue weighted by molar-refractivity contribution is 0.0734. The van der Waals surface area contributed by atoms with E-state index in [0.29, 0.717) is 25.3 Å². The summed E-state index contributed by atoms with van der Waals surface area (Å²) in [6.07, 6.45) is 0.907. The van der Waals surface area contributed by atoms with Crippen LogP contribution in [0.2, 0.25) is 0 Å². The lowest BCUT2D eigenvalue weighted by Crippen LogP contribution is -2.36. The minimum Gasteiger partial charge on any atom is -0.494 e. The monoisotopic (exact) mass is 325 g/mol. The molecule has 0 saturated carbocycles. The first-order valence-corrected chi connectivity index (χ1v) is 8.33. The van der Waals surface area contributed by atoms with Gasteiger partial charge in [-0.05, 0) is 42.7 Å². The van der Waals surface area contributed by atoms with Crippen molar-refractivity contribution in [2.75, 3.05) is 20.3 Å². The first-order valence-electron chi connectivity index (χ1n) is 8.33. The van der Waals surface area contributed by atoms with Crippen molar-refractivity contribution < 1.29 is 14.3 Å². The maximum Gasteiger partial charge on any atom is 0.254 e. The van der Waals surface area contributed by atoms with E-state index in [2.05, 4.69) is 18.2 Å². The molecule has 3 rings (SSSR count). The Morgan fingerprint density at radius 2 is 1.96 bits per heavy atom. The predicted octanol–water partition coefficient (Wildman–Crippen LogP) is 3.43. The fourth-order valence-electron chi connectivity index (χ4n) is 3.13. The van der Waals surface area contributed by atoms with Crippen molar-refractivity contribution in [1.29, 1.82) is 0 Å². The van der Waals surface area contributed by atoms with E-state index in [0.717, 1.165) is 24.3 Å². The van der Waals surface area contributed by atoms with Gasteiger partial charge in [-0.2, -0.15) is 0 Å². The molecule has 1 aliphatic heterocycles. The number of methoxy groups -OCH3 is 1. The van der Waals surface area contributed by atoms with Crippen LogP contribution < -0.4 is 4.74 Å². The fraction of sp³-hybridized carbons (Fsp3) is 0.350. The molecular weight excluding hydrogens is 302 g/mol. The number of rotatable bonds is 5. The maximum absolute atomic E-state index is 12.9. The molecule has 1 heterocycles. The summed E-state index contributed by atoms with van der Waals surface area (Å²) in [5.74, 6) is 0.838. The number of hydrogen-bond acceptors (Lipinski definition) is 3. The summed E-state index contributed by atoms with van der Waals surface area (Å²) in [7, 11) is 1.64. The Hall–Kier alpha value is -2.33. The highest BCUT2D eigenvalue weighted by Gasteiger charge is 2.22. The van der Waals surface area contributed by atoms with E-state index in [1.165, 1.54) is 11.1 Å². The molecule has 2 aromatic carbocycles. The molecular formula is C20H23NO3. The highest BCUT2D eigenvalue weighted by molar-refractivity contribution is 5.94. The Kier molecular flexibility index (Phi) is 5.16. The van der Waals surface area contributed by atoms with E-state index in [4.69, 9.17) is 9.47 Å². The molecule has 0 fully saturated rings. The zero-order valence-corrected chi connectivity index (χ0v) is 14.2. The minimum absolute atomic E-state index is 0.0601. The molecule has 4 nitrogen and oxygen atoms in total. The molecule has 24 heavy (non-hydrogen) atoms. The number of amides is 1. The number of fused-ring (bicyclic) bond motifs is 1. The molecule has 0 atom stereocenters. The number of nitrogens with zero attached hydrogens (tertiary/aromatic N) is 1. The number of carbonyl (C=O) groups excluding carboxylic acids is 1. The van der Waals surface area contributed by atoms with Crippen molar-refractivity contribution in [2.24, 2.45) is 0 Å². The second-order valence-electron chi connectivity index (χ2n) is 5.93. The van der Waals surface area contributed by atoms with Crippen molar-refractivity contribution in [3.05, 3.63) is 64.7 Å². The Bertz CT molecular complexity index is 727. The Balaban J connectivity index is 1.81. The molecule has 0 aliphatic carbocycles. The Morgan fingerprint density at radius 1 is 1.17 bits per heavy atom. The highest BCUT2D eigenvalue weighted by Crippen LogP contribution is 2.24. The maximum atomic E-state index is 12.9. The number of hydrogen-bond donors (Lipinski definition) is 0.